The predicted octanol–water partition coefficient (Wildman–Crippen LogP) is 3.57. The van der Waals surface area contributed by atoms with Crippen molar-refractivity contribution < 1.29 is 5.11 Å². The number of hydrogen-bond acceptors (Lipinski definition) is 6. The molecule has 4 aromatic rings. The van der Waals surface area contributed by atoms with Crippen molar-refractivity contribution in [2.45, 2.75) is 12.6 Å². The molecular weight excluding hydrogens is 459 g/mol. The Bertz CT molecular complexity index is 1090. The second-order valence-electron chi connectivity index (χ2n) is 7.78. The summed E-state index contributed by atoms with van der Waals surface area (Å²) in [5.74, 6) is 0.873. The zero-order valence-corrected chi connectivity index (χ0v) is 19.8. The number of rotatable bonds is 6. The zero-order chi connectivity index (χ0) is 21.0. The maximum Gasteiger partial charge on any atom is 0.165 e. The Hall–Kier alpha value is -2.71. The van der Waals surface area contributed by atoms with Crippen molar-refractivity contribution in [2.75, 3.05) is 37.7 Å². The molecule has 33 heavy (non-hydrogen) atoms. The summed E-state index contributed by atoms with van der Waals surface area (Å²) in [5.41, 5.74) is 4.20. The molecule has 174 valence electrons. The van der Waals surface area contributed by atoms with Crippen LogP contribution in [-0.2, 0) is 6.54 Å². The van der Waals surface area contributed by atoms with Gasteiger partial charge in [-0.3, -0.25) is 4.90 Å². The van der Waals surface area contributed by atoms with E-state index >= 15 is 0 Å². The molecule has 0 amide bonds. The molecule has 1 N–H and O–H groups in total. The lowest BCUT2D eigenvalue weighted by atomic mass is 9.96. The van der Waals surface area contributed by atoms with Crippen molar-refractivity contribution in [3.05, 3.63) is 84.4 Å². The largest absolute Gasteiger partial charge is 0.395 e. The minimum Gasteiger partial charge on any atom is -0.395 e. The van der Waals surface area contributed by atoms with Crippen LogP contribution in [-0.4, -0.2) is 62.3 Å². The lowest BCUT2D eigenvalue weighted by Gasteiger charge is -2.40. The van der Waals surface area contributed by atoms with Gasteiger partial charge in [0.2, 0.25) is 0 Å². The normalized spacial score (nSPS) is 14.2. The van der Waals surface area contributed by atoms with Crippen molar-refractivity contribution in [2.24, 2.45) is 0 Å². The van der Waals surface area contributed by atoms with Gasteiger partial charge >= 0.3 is 0 Å². The van der Waals surface area contributed by atoms with E-state index in [9.17, 15) is 5.11 Å². The number of anilines is 1. The van der Waals surface area contributed by atoms with Gasteiger partial charge < -0.3 is 14.6 Å². The molecule has 0 radical (unpaired) electrons. The first kappa shape index (κ1) is 24.9. The summed E-state index contributed by atoms with van der Waals surface area (Å²) < 4.78 is 1.87. The van der Waals surface area contributed by atoms with Crippen LogP contribution in [0.1, 0.15) is 17.2 Å². The Morgan fingerprint density at radius 3 is 1.97 bits per heavy atom. The number of fused-ring (bicyclic) bond motifs is 1. The number of benzene rings is 2. The van der Waals surface area contributed by atoms with Gasteiger partial charge in [-0.2, -0.15) is 0 Å². The zero-order valence-electron chi connectivity index (χ0n) is 18.2. The van der Waals surface area contributed by atoms with Crippen LogP contribution in [0.5, 0.6) is 0 Å². The Kier molecular flexibility index (Phi) is 8.63. The number of aliphatic hydroxyl groups is 1. The van der Waals surface area contributed by atoms with E-state index in [4.69, 9.17) is 0 Å². The van der Waals surface area contributed by atoms with Crippen LogP contribution in [0.15, 0.2) is 73.3 Å². The first-order valence-corrected chi connectivity index (χ1v) is 10.7. The first-order valence-electron chi connectivity index (χ1n) is 10.7. The van der Waals surface area contributed by atoms with Gasteiger partial charge in [0.15, 0.2) is 17.0 Å². The molecule has 1 aliphatic heterocycles. The van der Waals surface area contributed by atoms with Crippen molar-refractivity contribution in [3.8, 4) is 0 Å². The summed E-state index contributed by atoms with van der Waals surface area (Å²) in [6, 6.07) is 21.7. The molecule has 1 fully saturated rings. The van der Waals surface area contributed by atoms with Gasteiger partial charge in [-0.15, -0.1) is 24.8 Å². The molecule has 1 aliphatic rings. The average Bonchev–Trinajstić information content (AvgIpc) is 3.25. The minimum absolute atomic E-state index is 0. The fourth-order valence-electron chi connectivity index (χ4n) is 4.45. The van der Waals surface area contributed by atoms with Crippen LogP contribution in [0.3, 0.4) is 0 Å². The molecule has 2 aromatic heterocycles. The number of halogens is 2. The van der Waals surface area contributed by atoms with Crippen LogP contribution in [0.25, 0.3) is 11.2 Å². The van der Waals surface area contributed by atoms with E-state index in [0.717, 1.165) is 43.2 Å². The molecule has 3 heterocycles. The third-order valence-electron chi connectivity index (χ3n) is 5.93. The number of aromatic nitrogens is 4. The summed E-state index contributed by atoms with van der Waals surface area (Å²) >= 11 is 0. The van der Waals surface area contributed by atoms with Gasteiger partial charge in [-0.1, -0.05) is 60.7 Å². The SMILES string of the molecule is Cl.Cl.OCCn1cnc2c(N3CCN(C(c4ccccc4)c4ccccc4)CC3)ncnc21. The third-order valence-corrected chi connectivity index (χ3v) is 5.93. The smallest absolute Gasteiger partial charge is 0.165 e. The van der Waals surface area contributed by atoms with Crippen LogP contribution >= 0.6 is 24.8 Å². The molecule has 7 nitrogen and oxygen atoms in total. The van der Waals surface area contributed by atoms with Gasteiger partial charge in [0.1, 0.15) is 6.33 Å². The highest BCUT2D eigenvalue weighted by molar-refractivity contribution is 5.85. The van der Waals surface area contributed by atoms with E-state index in [-0.39, 0.29) is 37.5 Å². The summed E-state index contributed by atoms with van der Waals surface area (Å²) in [7, 11) is 0. The number of piperazine rings is 1. The first-order chi connectivity index (χ1) is 15.3. The van der Waals surface area contributed by atoms with E-state index in [1.165, 1.54) is 11.1 Å². The number of imidazole rings is 1. The molecule has 2 aromatic carbocycles. The topological polar surface area (TPSA) is 70.3 Å². The second-order valence-corrected chi connectivity index (χ2v) is 7.78. The molecule has 0 atom stereocenters. The van der Waals surface area contributed by atoms with Crippen LogP contribution in [0.4, 0.5) is 5.82 Å². The molecule has 0 aliphatic carbocycles. The summed E-state index contributed by atoms with van der Waals surface area (Å²) in [6.07, 6.45) is 3.33. The highest BCUT2D eigenvalue weighted by atomic mass is 35.5. The Balaban J connectivity index is 0.00000153. The molecule has 0 bridgehead atoms. The molecule has 9 heteroatoms. The fourth-order valence-corrected chi connectivity index (χ4v) is 4.45. The van der Waals surface area contributed by atoms with Crippen molar-refractivity contribution in [1.82, 2.24) is 24.4 Å². The van der Waals surface area contributed by atoms with E-state index in [1.54, 1.807) is 12.7 Å². The molecule has 1 saturated heterocycles. The van der Waals surface area contributed by atoms with E-state index in [2.05, 4.69) is 85.4 Å². The quantitative estimate of drug-likeness (QED) is 0.449. The Labute approximate surface area is 205 Å². The van der Waals surface area contributed by atoms with Crippen LogP contribution in [0.2, 0.25) is 0 Å². The standard InChI is InChI=1S/C24H26N6O.2ClH/c31-16-15-30-18-27-21-23(25-17-26-24(21)30)29-13-11-28(12-14-29)22(19-7-3-1-4-8-19)20-9-5-2-6-10-20;;/h1-10,17-18,22,31H,11-16H2;2*1H. The molecular formula is C24H28Cl2N6O. The molecule has 0 saturated carbocycles. The second kappa shape index (κ2) is 11.4. The summed E-state index contributed by atoms with van der Waals surface area (Å²) in [5, 5.41) is 9.28. The number of aliphatic hydroxyl groups excluding tert-OH is 1. The molecule has 0 spiro atoms. The van der Waals surface area contributed by atoms with Crippen molar-refractivity contribution in [3.63, 3.8) is 0 Å². The van der Waals surface area contributed by atoms with Gasteiger partial charge in [-0.25, -0.2) is 15.0 Å². The lowest BCUT2D eigenvalue weighted by Crippen LogP contribution is -2.48. The van der Waals surface area contributed by atoms with Crippen molar-refractivity contribution in [1.29, 1.82) is 0 Å². The van der Waals surface area contributed by atoms with E-state index in [0.29, 0.717) is 6.54 Å². The minimum atomic E-state index is 0. The van der Waals surface area contributed by atoms with Crippen LogP contribution < -0.4 is 4.90 Å². The maximum atomic E-state index is 9.28. The van der Waals surface area contributed by atoms with Crippen LogP contribution in [0, 0.1) is 0 Å². The highest BCUT2D eigenvalue weighted by Crippen LogP contribution is 2.31. The van der Waals surface area contributed by atoms with Gasteiger partial charge in [0.05, 0.1) is 19.0 Å². The average molecular weight is 487 g/mol. The van der Waals surface area contributed by atoms with Gasteiger partial charge in [0.25, 0.3) is 0 Å². The van der Waals surface area contributed by atoms with E-state index in [1.807, 2.05) is 4.57 Å². The van der Waals surface area contributed by atoms with Gasteiger partial charge in [-0.05, 0) is 11.1 Å². The predicted molar refractivity (Wildman–Crippen MR) is 135 cm³/mol. The summed E-state index contributed by atoms with van der Waals surface area (Å²) in [6.45, 7) is 4.14. The molecule has 5 rings (SSSR count). The summed E-state index contributed by atoms with van der Waals surface area (Å²) in [4.78, 5) is 18.3. The Morgan fingerprint density at radius 2 is 1.39 bits per heavy atom. The molecule has 0 unspecified atom stereocenters. The van der Waals surface area contributed by atoms with E-state index < -0.39 is 0 Å². The third kappa shape index (κ3) is 5.12. The lowest BCUT2D eigenvalue weighted by molar-refractivity contribution is 0.212. The van der Waals surface area contributed by atoms with Gasteiger partial charge in [0, 0.05) is 32.7 Å². The maximum absolute atomic E-state index is 9.28. The monoisotopic (exact) mass is 486 g/mol. The number of hydrogen-bond donors (Lipinski definition) is 1. The number of nitrogens with zero attached hydrogens (tertiary/aromatic N) is 6. The fraction of sp³-hybridized carbons (Fsp3) is 0.292. The highest BCUT2D eigenvalue weighted by Gasteiger charge is 2.28. The van der Waals surface area contributed by atoms with Crippen molar-refractivity contribution >= 4 is 41.8 Å². The Morgan fingerprint density at radius 1 is 0.788 bits per heavy atom.